The summed E-state index contributed by atoms with van der Waals surface area (Å²) in [5.74, 6) is 5.53. The zero-order valence-electron chi connectivity index (χ0n) is 21.5. The Hall–Kier alpha value is -4.91. The molecular formula is C29H27FN6O3. The van der Waals surface area contributed by atoms with Gasteiger partial charge in [-0.15, -0.1) is 0 Å². The highest BCUT2D eigenvalue weighted by Crippen LogP contribution is 2.33. The number of carbonyl (C=O) groups is 2. The topological polar surface area (TPSA) is 112 Å². The molecule has 1 saturated heterocycles. The van der Waals surface area contributed by atoms with Gasteiger partial charge in [-0.3, -0.25) is 14.7 Å². The number of anilines is 1. The number of methoxy groups -OCH3 is 1. The summed E-state index contributed by atoms with van der Waals surface area (Å²) in [6, 6.07) is 13.4. The summed E-state index contributed by atoms with van der Waals surface area (Å²) in [6.45, 7) is 2.81. The number of benzene rings is 2. The molecule has 1 atom stereocenters. The van der Waals surface area contributed by atoms with Gasteiger partial charge in [0.25, 0.3) is 11.8 Å². The van der Waals surface area contributed by atoms with Crippen LogP contribution in [0, 0.1) is 17.7 Å². The van der Waals surface area contributed by atoms with Crippen LogP contribution in [-0.4, -0.2) is 58.1 Å². The van der Waals surface area contributed by atoms with Crippen LogP contribution in [0.3, 0.4) is 0 Å². The van der Waals surface area contributed by atoms with Gasteiger partial charge in [-0.25, -0.2) is 9.37 Å². The van der Waals surface area contributed by atoms with E-state index in [9.17, 15) is 9.59 Å². The van der Waals surface area contributed by atoms with E-state index in [-0.39, 0.29) is 24.4 Å². The molecule has 39 heavy (non-hydrogen) atoms. The molecule has 10 heteroatoms. The molecule has 3 N–H and O–H groups in total. The lowest BCUT2D eigenvalue weighted by Crippen LogP contribution is -2.30. The summed E-state index contributed by atoms with van der Waals surface area (Å²) < 4.78 is 20.3. The van der Waals surface area contributed by atoms with Crippen molar-refractivity contribution in [1.82, 2.24) is 25.4 Å². The number of amides is 2. The SMILES string of the molecule is CC#CC(=O)N1CC[C@@H](Nc2n[nH]c3nccc(-c4ccc(CNC(=O)c5ccc(OC)cc5)c(F)c4)c23)C1. The van der Waals surface area contributed by atoms with Gasteiger partial charge in [0.15, 0.2) is 11.5 Å². The number of nitrogens with one attached hydrogen (secondary N) is 3. The zero-order valence-corrected chi connectivity index (χ0v) is 21.5. The van der Waals surface area contributed by atoms with Crippen molar-refractivity contribution in [3.63, 3.8) is 0 Å². The van der Waals surface area contributed by atoms with Crippen molar-refractivity contribution in [2.75, 3.05) is 25.5 Å². The lowest BCUT2D eigenvalue weighted by atomic mass is 10.0. The number of fused-ring (bicyclic) bond motifs is 1. The molecule has 9 nitrogen and oxygen atoms in total. The Kier molecular flexibility index (Phi) is 7.41. The monoisotopic (exact) mass is 526 g/mol. The van der Waals surface area contributed by atoms with Crippen molar-refractivity contribution in [1.29, 1.82) is 0 Å². The van der Waals surface area contributed by atoms with Crippen LogP contribution in [0.1, 0.15) is 29.3 Å². The molecule has 3 heterocycles. The molecule has 2 amide bonds. The number of halogens is 1. The number of H-pyrrole nitrogens is 1. The van der Waals surface area contributed by atoms with Crippen molar-refractivity contribution in [2.24, 2.45) is 0 Å². The standard InChI is InChI=1S/C29H27FN6O3/c1-3-4-25(37)36-14-12-21(17-36)33-28-26-23(11-13-31-27(26)34-35-28)19-5-6-20(24(30)15-19)16-32-29(38)18-7-9-22(39-2)10-8-18/h5-11,13,15,21H,12,14,16-17H2,1-2H3,(H,32,38)(H2,31,33,34,35)/t21-/m1/s1. The van der Waals surface area contributed by atoms with Crippen molar-refractivity contribution in [3.8, 4) is 28.7 Å². The molecule has 4 aromatic rings. The van der Waals surface area contributed by atoms with Crippen LogP contribution in [0.4, 0.5) is 10.2 Å². The van der Waals surface area contributed by atoms with Crippen molar-refractivity contribution < 1.29 is 18.7 Å². The maximum Gasteiger partial charge on any atom is 0.298 e. The lowest BCUT2D eigenvalue weighted by molar-refractivity contribution is -0.124. The quantitative estimate of drug-likeness (QED) is 0.317. The number of nitrogens with zero attached hydrogens (tertiary/aromatic N) is 3. The summed E-state index contributed by atoms with van der Waals surface area (Å²) in [5, 5.41) is 14.2. The Morgan fingerprint density at radius 3 is 2.77 bits per heavy atom. The van der Waals surface area contributed by atoms with Gasteiger partial charge in [-0.05, 0) is 66.8 Å². The minimum absolute atomic E-state index is 0.000544. The van der Waals surface area contributed by atoms with Gasteiger partial charge in [0.2, 0.25) is 0 Å². The summed E-state index contributed by atoms with van der Waals surface area (Å²) >= 11 is 0. The number of hydrogen-bond acceptors (Lipinski definition) is 6. The normalized spacial score (nSPS) is 14.5. The number of aromatic amines is 1. The van der Waals surface area contributed by atoms with E-state index in [1.807, 2.05) is 12.1 Å². The summed E-state index contributed by atoms with van der Waals surface area (Å²) in [5.41, 5.74) is 2.79. The largest absolute Gasteiger partial charge is 0.497 e. The molecule has 1 aliphatic rings. The van der Waals surface area contributed by atoms with Gasteiger partial charge in [0.05, 0.1) is 12.5 Å². The molecule has 198 valence electrons. The number of ether oxygens (including phenoxy) is 1. The van der Waals surface area contributed by atoms with Gasteiger partial charge in [0, 0.05) is 43.0 Å². The third kappa shape index (κ3) is 5.52. The minimum atomic E-state index is -0.438. The molecule has 0 saturated carbocycles. The highest BCUT2D eigenvalue weighted by Gasteiger charge is 2.27. The first kappa shape index (κ1) is 25.7. The van der Waals surface area contributed by atoms with Gasteiger partial charge in [0.1, 0.15) is 11.6 Å². The molecule has 0 radical (unpaired) electrons. The van der Waals surface area contributed by atoms with Crippen LogP contribution in [0.15, 0.2) is 54.7 Å². The number of likely N-dealkylation sites (tertiary alicyclic amines) is 1. The van der Waals surface area contributed by atoms with E-state index in [4.69, 9.17) is 4.74 Å². The van der Waals surface area contributed by atoms with E-state index >= 15 is 4.39 Å². The van der Waals surface area contributed by atoms with Crippen LogP contribution in [0.25, 0.3) is 22.2 Å². The maximum atomic E-state index is 15.2. The highest BCUT2D eigenvalue weighted by molar-refractivity contribution is 6.00. The fourth-order valence-electron chi connectivity index (χ4n) is 4.62. The van der Waals surface area contributed by atoms with Crippen molar-refractivity contribution in [3.05, 3.63) is 71.7 Å². The summed E-state index contributed by atoms with van der Waals surface area (Å²) in [4.78, 5) is 30.7. The predicted octanol–water partition coefficient (Wildman–Crippen LogP) is 3.74. The average Bonchev–Trinajstić information content (AvgIpc) is 3.60. The van der Waals surface area contributed by atoms with E-state index in [1.54, 1.807) is 55.5 Å². The Balaban J connectivity index is 1.32. The number of hydrogen-bond donors (Lipinski definition) is 3. The van der Waals surface area contributed by atoms with Crippen LogP contribution >= 0.6 is 0 Å². The zero-order chi connectivity index (χ0) is 27.4. The first-order valence-corrected chi connectivity index (χ1v) is 12.5. The molecule has 5 rings (SSSR count). The fourth-order valence-corrected chi connectivity index (χ4v) is 4.62. The van der Waals surface area contributed by atoms with Gasteiger partial charge < -0.3 is 20.3 Å². The number of rotatable bonds is 7. The summed E-state index contributed by atoms with van der Waals surface area (Å²) in [6.07, 6.45) is 2.40. The average molecular weight is 527 g/mol. The lowest BCUT2D eigenvalue weighted by Gasteiger charge is -2.15. The molecule has 0 spiro atoms. The second kappa shape index (κ2) is 11.2. The third-order valence-electron chi connectivity index (χ3n) is 6.67. The first-order chi connectivity index (χ1) is 19.0. The Morgan fingerprint density at radius 1 is 1.21 bits per heavy atom. The van der Waals surface area contributed by atoms with E-state index in [0.29, 0.717) is 47.0 Å². The fraction of sp³-hybridized carbons (Fsp3) is 0.241. The molecule has 0 unspecified atom stereocenters. The number of aromatic nitrogens is 3. The minimum Gasteiger partial charge on any atom is -0.497 e. The Bertz CT molecular complexity index is 1590. The van der Waals surface area contributed by atoms with E-state index in [2.05, 4.69) is 37.7 Å². The second-order valence-corrected chi connectivity index (χ2v) is 9.13. The maximum absolute atomic E-state index is 15.2. The van der Waals surface area contributed by atoms with E-state index in [0.717, 1.165) is 17.4 Å². The highest BCUT2D eigenvalue weighted by atomic mass is 19.1. The molecule has 0 aliphatic carbocycles. The van der Waals surface area contributed by atoms with E-state index in [1.165, 1.54) is 6.07 Å². The van der Waals surface area contributed by atoms with Gasteiger partial charge in [-0.2, -0.15) is 5.10 Å². The van der Waals surface area contributed by atoms with Crippen LogP contribution in [0.2, 0.25) is 0 Å². The molecule has 1 aliphatic heterocycles. The number of carbonyl (C=O) groups excluding carboxylic acids is 2. The van der Waals surface area contributed by atoms with Crippen LogP contribution in [0.5, 0.6) is 5.75 Å². The molecular weight excluding hydrogens is 499 g/mol. The Labute approximate surface area is 224 Å². The predicted molar refractivity (Wildman–Crippen MR) is 146 cm³/mol. The molecule has 2 aromatic heterocycles. The second-order valence-electron chi connectivity index (χ2n) is 9.13. The first-order valence-electron chi connectivity index (χ1n) is 12.5. The van der Waals surface area contributed by atoms with Crippen LogP contribution < -0.4 is 15.4 Å². The Morgan fingerprint density at radius 2 is 2.03 bits per heavy atom. The van der Waals surface area contributed by atoms with Gasteiger partial charge >= 0.3 is 0 Å². The molecule has 0 bridgehead atoms. The van der Waals surface area contributed by atoms with Crippen molar-refractivity contribution in [2.45, 2.75) is 25.9 Å². The van der Waals surface area contributed by atoms with Crippen molar-refractivity contribution >= 4 is 28.7 Å². The third-order valence-corrected chi connectivity index (χ3v) is 6.67. The molecule has 2 aromatic carbocycles. The number of pyridine rings is 1. The van der Waals surface area contributed by atoms with E-state index < -0.39 is 5.82 Å². The van der Waals surface area contributed by atoms with Crippen LogP contribution in [-0.2, 0) is 11.3 Å². The van der Waals surface area contributed by atoms with Gasteiger partial charge in [-0.1, -0.05) is 18.1 Å². The smallest absolute Gasteiger partial charge is 0.298 e. The molecule has 1 fully saturated rings. The summed E-state index contributed by atoms with van der Waals surface area (Å²) in [7, 11) is 1.55.